The molecule has 0 radical (unpaired) electrons. The largest absolute Gasteiger partial charge is 0.493 e. The lowest BCUT2D eigenvalue weighted by Gasteiger charge is -2.15. The van der Waals surface area contributed by atoms with Gasteiger partial charge in [-0.05, 0) is 47.7 Å². The molecule has 3 aromatic rings. The van der Waals surface area contributed by atoms with Crippen LogP contribution in [0.1, 0.15) is 34.8 Å². The SMILES string of the molecule is CCC(Cc1cc(F)c(OC)c(CNC(=O)c2ccc(-c3ccccc3)cc2)c1)C(=O)O. The van der Waals surface area contributed by atoms with Crippen molar-refractivity contribution >= 4 is 11.9 Å². The number of hydrogen-bond donors (Lipinski definition) is 2. The molecule has 0 bridgehead atoms. The predicted octanol–water partition coefficient (Wildman–Crippen LogP) is 5.08. The number of nitrogens with one attached hydrogen (secondary N) is 1. The van der Waals surface area contributed by atoms with Crippen molar-refractivity contribution in [1.29, 1.82) is 0 Å². The van der Waals surface area contributed by atoms with Crippen LogP contribution < -0.4 is 10.1 Å². The number of carboxylic acid groups (broad SMARTS) is 1. The van der Waals surface area contributed by atoms with Gasteiger partial charge >= 0.3 is 5.97 Å². The highest BCUT2D eigenvalue weighted by atomic mass is 19.1. The Labute approximate surface area is 186 Å². The number of halogens is 1. The summed E-state index contributed by atoms with van der Waals surface area (Å²) in [4.78, 5) is 24.0. The van der Waals surface area contributed by atoms with Crippen molar-refractivity contribution < 1.29 is 23.8 Å². The molecule has 1 unspecified atom stereocenters. The molecule has 0 fully saturated rings. The Morgan fingerprint density at radius 3 is 2.28 bits per heavy atom. The Balaban J connectivity index is 1.73. The normalized spacial score (nSPS) is 11.6. The summed E-state index contributed by atoms with van der Waals surface area (Å²) in [6.07, 6.45) is 0.642. The quantitative estimate of drug-likeness (QED) is 0.491. The number of carbonyl (C=O) groups is 2. The minimum Gasteiger partial charge on any atom is -0.493 e. The number of methoxy groups -OCH3 is 1. The smallest absolute Gasteiger partial charge is 0.306 e. The summed E-state index contributed by atoms with van der Waals surface area (Å²) in [6, 6.07) is 20.1. The van der Waals surface area contributed by atoms with Crippen LogP contribution in [0.15, 0.2) is 66.7 Å². The number of rotatable bonds is 9. The van der Waals surface area contributed by atoms with E-state index in [1.807, 2.05) is 42.5 Å². The second kappa shape index (κ2) is 10.6. The van der Waals surface area contributed by atoms with Crippen molar-refractivity contribution in [3.63, 3.8) is 0 Å². The van der Waals surface area contributed by atoms with Crippen LogP contribution in [0.5, 0.6) is 5.75 Å². The maximum Gasteiger partial charge on any atom is 0.306 e. The molecule has 0 aliphatic carbocycles. The minimum atomic E-state index is -0.919. The molecule has 0 aliphatic rings. The maximum absolute atomic E-state index is 14.5. The molecular formula is C26H26FNO4. The van der Waals surface area contributed by atoms with Crippen LogP contribution in [-0.4, -0.2) is 24.1 Å². The molecule has 32 heavy (non-hydrogen) atoms. The Bertz CT molecular complexity index is 1080. The van der Waals surface area contributed by atoms with Crippen LogP contribution in [0.4, 0.5) is 4.39 Å². The number of carboxylic acids is 1. The van der Waals surface area contributed by atoms with Gasteiger partial charge in [0.05, 0.1) is 13.0 Å². The van der Waals surface area contributed by atoms with Gasteiger partial charge in [-0.25, -0.2) is 4.39 Å². The number of aliphatic carboxylic acids is 1. The van der Waals surface area contributed by atoms with Gasteiger partial charge in [0.1, 0.15) is 0 Å². The van der Waals surface area contributed by atoms with Crippen molar-refractivity contribution in [2.45, 2.75) is 26.3 Å². The third kappa shape index (κ3) is 5.52. The average molecular weight is 435 g/mol. The first-order valence-corrected chi connectivity index (χ1v) is 10.4. The first-order chi connectivity index (χ1) is 15.4. The summed E-state index contributed by atoms with van der Waals surface area (Å²) >= 11 is 0. The minimum absolute atomic E-state index is 0.0387. The van der Waals surface area contributed by atoms with Gasteiger partial charge in [0.15, 0.2) is 11.6 Å². The highest BCUT2D eigenvalue weighted by Gasteiger charge is 2.19. The van der Waals surface area contributed by atoms with E-state index in [4.69, 9.17) is 4.74 Å². The van der Waals surface area contributed by atoms with Gasteiger partial charge in [0.25, 0.3) is 5.91 Å². The number of ether oxygens (including phenoxy) is 1. The molecule has 3 rings (SSSR count). The second-order valence-corrected chi connectivity index (χ2v) is 7.54. The third-order valence-corrected chi connectivity index (χ3v) is 5.40. The van der Waals surface area contributed by atoms with E-state index in [-0.39, 0.29) is 24.6 Å². The molecule has 0 aliphatic heterocycles. The second-order valence-electron chi connectivity index (χ2n) is 7.54. The van der Waals surface area contributed by atoms with Crippen molar-refractivity contribution in [1.82, 2.24) is 5.32 Å². The van der Waals surface area contributed by atoms with Crippen LogP contribution in [0.25, 0.3) is 11.1 Å². The van der Waals surface area contributed by atoms with E-state index in [0.29, 0.717) is 23.1 Å². The van der Waals surface area contributed by atoms with Crippen molar-refractivity contribution in [3.8, 4) is 16.9 Å². The van der Waals surface area contributed by atoms with Gasteiger partial charge in [0.2, 0.25) is 0 Å². The zero-order valence-electron chi connectivity index (χ0n) is 18.1. The van der Waals surface area contributed by atoms with Crippen LogP contribution in [0.2, 0.25) is 0 Å². The summed E-state index contributed by atoms with van der Waals surface area (Å²) in [7, 11) is 1.36. The van der Waals surface area contributed by atoms with Gasteiger partial charge in [-0.2, -0.15) is 0 Å². The number of amides is 1. The fourth-order valence-corrected chi connectivity index (χ4v) is 3.60. The molecule has 0 saturated carbocycles. The summed E-state index contributed by atoms with van der Waals surface area (Å²) in [5.41, 5.74) is 3.55. The predicted molar refractivity (Wildman–Crippen MR) is 121 cm³/mol. The highest BCUT2D eigenvalue weighted by Crippen LogP contribution is 2.27. The summed E-state index contributed by atoms with van der Waals surface area (Å²) in [5.74, 6) is -2.36. The Morgan fingerprint density at radius 2 is 1.69 bits per heavy atom. The maximum atomic E-state index is 14.5. The molecule has 166 valence electrons. The summed E-state index contributed by atoms with van der Waals surface area (Å²) in [6.45, 7) is 1.83. The van der Waals surface area contributed by atoms with Crippen LogP contribution in [0, 0.1) is 11.7 Å². The van der Waals surface area contributed by atoms with Crippen LogP contribution in [-0.2, 0) is 17.8 Å². The number of benzene rings is 3. The van der Waals surface area contributed by atoms with E-state index in [1.165, 1.54) is 13.2 Å². The Hall–Kier alpha value is -3.67. The average Bonchev–Trinajstić information content (AvgIpc) is 2.81. The Kier molecular flexibility index (Phi) is 7.60. The first kappa shape index (κ1) is 23.0. The van der Waals surface area contributed by atoms with Gasteiger partial charge in [-0.1, -0.05) is 55.5 Å². The van der Waals surface area contributed by atoms with E-state index < -0.39 is 17.7 Å². The molecule has 1 atom stereocenters. The fraction of sp³-hybridized carbons (Fsp3) is 0.231. The monoisotopic (exact) mass is 435 g/mol. The third-order valence-electron chi connectivity index (χ3n) is 5.40. The summed E-state index contributed by atoms with van der Waals surface area (Å²) in [5, 5.41) is 12.1. The standard InChI is InChI=1S/C26H26FNO4/c1-3-18(26(30)31)13-17-14-22(24(32-2)23(27)15-17)16-28-25(29)21-11-9-20(10-12-21)19-7-5-4-6-8-19/h4-12,14-15,18H,3,13,16H2,1-2H3,(H,28,29)(H,30,31). The lowest BCUT2D eigenvalue weighted by Crippen LogP contribution is -2.23. The molecule has 3 aromatic carbocycles. The summed E-state index contributed by atoms with van der Waals surface area (Å²) < 4.78 is 19.7. The molecular weight excluding hydrogens is 409 g/mol. The zero-order chi connectivity index (χ0) is 23.1. The Morgan fingerprint density at radius 1 is 1.03 bits per heavy atom. The van der Waals surface area contributed by atoms with Gasteiger partial charge in [-0.15, -0.1) is 0 Å². The molecule has 0 spiro atoms. The number of hydrogen-bond acceptors (Lipinski definition) is 3. The number of carbonyl (C=O) groups excluding carboxylic acids is 1. The van der Waals surface area contributed by atoms with Crippen molar-refractivity contribution in [2.75, 3.05) is 7.11 Å². The van der Waals surface area contributed by atoms with Gasteiger partial charge in [0, 0.05) is 17.7 Å². The van der Waals surface area contributed by atoms with E-state index in [2.05, 4.69) is 5.32 Å². The lowest BCUT2D eigenvalue weighted by atomic mass is 9.95. The topological polar surface area (TPSA) is 75.6 Å². The van der Waals surface area contributed by atoms with E-state index in [1.54, 1.807) is 25.1 Å². The fourth-order valence-electron chi connectivity index (χ4n) is 3.60. The molecule has 6 heteroatoms. The molecule has 0 aromatic heterocycles. The molecule has 1 amide bonds. The first-order valence-electron chi connectivity index (χ1n) is 10.4. The highest BCUT2D eigenvalue weighted by molar-refractivity contribution is 5.94. The zero-order valence-corrected chi connectivity index (χ0v) is 18.1. The molecule has 0 saturated heterocycles. The molecule has 0 heterocycles. The van der Waals surface area contributed by atoms with E-state index in [9.17, 15) is 19.1 Å². The van der Waals surface area contributed by atoms with Crippen LogP contribution in [0.3, 0.4) is 0 Å². The van der Waals surface area contributed by atoms with Crippen molar-refractivity contribution in [2.24, 2.45) is 5.92 Å². The van der Waals surface area contributed by atoms with Crippen LogP contribution >= 0.6 is 0 Å². The molecule has 2 N–H and O–H groups in total. The van der Waals surface area contributed by atoms with Gasteiger partial charge in [-0.3, -0.25) is 9.59 Å². The lowest BCUT2D eigenvalue weighted by molar-refractivity contribution is -0.141. The molecule has 5 nitrogen and oxygen atoms in total. The van der Waals surface area contributed by atoms with Gasteiger partial charge < -0.3 is 15.2 Å². The van der Waals surface area contributed by atoms with E-state index >= 15 is 0 Å². The van der Waals surface area contributed by atoms with E-state index in [0.717, 1.165) is 11.1 Å². The van der Waals surface area contributed by atoms with Crippen molar-refractivity contribution in [3.05, 3.63) is 89.2 Å².